The number of benzene rings is 1. The Morgan fingerprint density at radius 2 is 1.73 bits per heavy atom. The van der Waals surface area contributed by atoms with Gasteiger partial charge < -0.3 is 26.3 Å². The highest BCUT2D eigenvalue weighted by molar-refractivity contribution is 5.93. The van der Waals surface area contributed by atoms with E-state index in [0.29, 0.717) is 6.42 Å². The first-order chi connectivity index (χ1) is 12.3. The molecule has 1 aromatic carbocycles. The molecule has 2 atom stereocenters. The van der Waals surface area contributed by atoms with E-state index in [2.05, 4.69) is 10.6 Å². The SMILES string of the molecule is NC(=O)CC(NC(=O)CCc1ccccc1)C(=O)NC(C=O)CC(=O)O. The van der Waals surface area contributed by atoms with E-state index in [1.165, 1.54) is 0 Å². The summed E-state index contributed by atoms with van der Waals surface area (Å²) in [4.78, 5) is 56.8. The van der Waals surface area contributed by atoms with Crippen molar-refractivity contribution in [1.29, 1.82) is 0 Å². The third kappa shape index (κ3) is 8.04. The number of aliphatic carboxylic acids is 1. The van der Waals surface area contributed by atoms with E-state index in [1.54, 1.807) is 0 Å². The molecule has 0 saturated carbocycles. The van der Waals surface area contributed by atoms with Gasteiger partial charge in [0, 0.05) is 6.42 Å². The fourth-order valence-corrected chi connectivity index (χ4v) is 2.18. The minimum absolute atomic E-state index is 0.0821. The molecule has 9 nitrogen and oxygen atoms in total. The van der Waals surface area contributed by atoms with Crippen LogP contribution in [-0.4, -0.2) is 47.2 Å². The quantitative estimate of drug-likeness (QED) is 0.375. The second-order valence-electron chi connectivity index (χ2n) is 5.63. The van der Waals surface area contributed by atoms with Gasteiger partial charge in [0.25, 0.3) is 0 Å². The summed E-state index contributed by atoms with van der Waals surface area (Å²) in [6, 6.07) is 6.65. The molecule has 0 saturated heterocycles. The molecule has 3 amide bonds. The largest absolute Gasteiger partial charge is 0.481 e. The Labute approximate surface area is 149 Å². The molecule has 5 N–H and O–H groups in total. The number of nitrogens with one attached hydrogen (secondary N) is 2. The minimum atomic E-state index is -1.29. The van der Waals surface area contributed by atoms with Crippen LogP contribution in [-0.2, 0) is 30.4 Å². The van der Waals surface area contributed by atoms with Crippen LogP contribution in [0.5, 0.6) is 0 Å². The summed E-state index contributed by atoms with van der Waals surface area (Å²) in [5.74, 6) is -3.43. The molecule has 2 unspecified atom stereocenters. The number of aldehydes is 1. The summed E-state index contributed by atoms with van der Waals surface area (Å²) in [6.07, 6.45) is -0.293. The molecule has 0 spiro atoms. The monoisotopic (exact) mass is 363 g/mol. The van der Waals surface area contributed by atoms with Gasteiger partial charge in [-0.3, -0.25) is 19.2 Å². The maximum Gasteiger partial charge on any atom is 0.305 e. The highest BCUT2D eigenvalue weighted by Crippen LogP contribution is 2.03. The molecule has 1 aromatic rings. The van der Waals surface area contributed by atoms with Crippen LogP contribution in [0.1, 0.15) is 24.8 Å². The molecule has 0 aliphatic heterocycles. The normalized spacial score (nSPS) is 12.5. The van der Waals surface area contributed by atoms with Gasteiger partial charge in [-0.05, 0) is 12.0 Å². The van der Waals surface area contributed by atoms with Gasteiger partial charge in [0.2, 0.25) is 17.7 Å². The van der Waals surface area contributed by atoms with Gasteiger partial charge in [-0.25, -0.2) is 0 Å². The zero-order valence-corrected chi connectivity index (χ0v) is 14.0. The summed E-state index contributed by atoms with van der Waals surface area (Å²) in [5, 5.41) is 13.2. The van der Waals surface area contributed by atoms with Crippen molar-refractivity contribution >= 4 is 30.0 Å². The first-order valence-electron chi connectivity index (χ1n) is 7.91. The zero-order valence-electron chi connectivity index (χ0n) is 14.0. The van der Waals surface area contributed by atoms with Gasteiger partial charge in [0.05, 0.1) is 18.9 Å². The number of carbonyl (C=O) groups excluding carboxylic acids is 4. The Bertz CT molecular complexity index is 662. The van der Waals surface area contributed by atoms with Crippen molar-refractivity contribution in [1.82, 2.24) is 10.6 Å². The number of primary amides is 1. The summed E-state index contributed by atoms with van der Waals surface area (Å²) in [5.41, 5.74) is 6.01. The maximum atomic E-state index is 12.2. The maximum absolute atomic E-state index is 12.2. The van der Waals surface area contributed by atoms with Gasteiger partial charge in [0.15, 0.2) is 0 Å². The molecule has 0 aliphatic carbocycles. The van der Waals surface area contributed by atoms with Crippen LogP contribution in [0.4, 0.5) is 0 Å². The van der Waals surface area contributed by atoms with Gasteiger partial charge >= 0.3 is 5.97 Å². The summed E-state index contributed by atoms with van der Waals surface area (Å²) < 4.78 is 0. The highest BCUT2D eigenvalue weighted by atomic mass is 16.4. The average Bonchev–Trinajstić information content (AvgIpc) is 2.58. The molecule has 1 rings (SSSR count). The van der Waals surface area contributed by atoms with Crippen LogP contribution < -0.4 is 16.4 Å². The van der Waals surface area contributed by atoms with Crippen molar-refractivity contribution in [3.63, 3.8) is 0 Å². The number of amides is 3. The number of nitrogens with two attached hydrogens (primary N) is 1. The summed E-state index contributed by atoms with van der Waals surface area (Å²) >= 11 is 0. The molecular weight excluding hydrogens is 342 g/mol. The fourth-order valence-electron chi connectivity index (χ4n) is 2.18. The van der Waals surface area contributed by atoms with E-state index in [4.69, 9.17) is 10.8 Å². The fraction of sp³-hybridized carbons (Fsp3) is 0.353. The number of carboxylic acids is 1. The number of carboxylic acid groups (broad SMARTS) is 1. The van der Waals surface area contributed by atoms with Crippen molar-refractivity contribution < 1.29 is 29.1 Å². The molecule has 0 radical (unpaired) electrons. The van der Waals surface area contributed by atoms with Gasteiger partial charge in [-0.1, -0.05) is 30.3 Å². The van der Waals surface area contributed by atoms with Crippen molar-refractivity contribution in [2.75, 3.05) is 0 Å². The second-order valence-corrected chi connectivity index (χ2v) is 5.63. The Balaban J connectivity index is 2.65. The predicted octanol–water partition coefficient (Wildman–Crippen LogP) is -0.862. The molecule has 0 fully saturated rings. The van der Waals surface area contributed by atoms with E-state index in [-0.39, 0.29) is 12.7 Å². The smallest absolute Gasteiger partial charge is 0.305 e. The Kier molecular flexibility index (Phi) is 8.48. The number of carbonyl (C=O) groups is 5. The molecule has 0 aromatic heterocycles. The van der Waals surface area contributed by atoms with Gasteiger partial charge in [0.1, 0.15) is 12.3 Å². The van der Waals surface area contributed by atoms with Crippen molar-refractivity contribution in [3.8, 4) is 0 Å². The first-order valence-corrected chi connectivity index (χ1v) is 7.91. The van der Waals surface area contributed by atoms with Crippen molar-refractivity contribution in [3.05, 3.63) is 35.9 Å². The Morgan fingerprint density at radius 3 is 2.27 bits per heavy atom. The number of hydrogen-bond acceptors (Lipinski definition) is 5. The predicted molar refractivity (Wildman–Crippen MR) is 90.8 cm³/mol. The molecule has 26 heavy (non-hydrogen) atoms. The average molecular weight is 363 g/mol. The third-order valence-corrected chi connectivity index (χ3v) is 3.43. The lowest BCUT2D eigenvalue weighted by Gasteiger charge is -2.19. The number of hydrogen-bond donors (Lipinski definition) is 4. The lowest BCUT2D eigenvalue weighted by molar-refractivity contribution is -0.139. The molecular formula is C17H21N3O6. The van der Waals surface area contributed by atoms with E-state index in [1.807, 2.05) is 30.3 Å². The summed E-state index contributed by atoms with van der Waals surface area (Å²) in [6.45, 7) is 0. The molecule has 0 heterocycles. The van der Waals surface area contributed by atoms with Crippen molar-refractivity contribution in [2.45, 2.75) is 37.8 Å². The number of aryl methyl sites for hydroxylation is 1. The van der Waals surface area contributed by atoms with Crippen LogP contribution in [0.25, 0.3) is 0 Å². The van der Waals surface area contributed by atoms with E-state index in [0.717, 1.165) is 5.56 Å². The topological polar surface area (TPSA) is 156 Å². The minimum Gasteiger partial charge on any atom is -0.481 e. The molecule has 0 aliphatic rings. The number of rotatable bonds is 11. The zero-order chi connectivity index (χ0) is 19.5. The van der Waals surface area contributed by atoms with E-state index >= 15 is 0 Å². The van der Waals surface area contributed by atoms with Crippen molar-refractivity contribution in [2.24, 2.45) is 5.73 Å². The summed E-state index contributed by atoms with van der Waals surface area (Å²) in [7, 11) is 0. The van der Waals surface area contributed by atoms with Crippen LogP contribution >= 0.6 is 0 Å². The second kappa shape index (κ2) is 10.6. The molecule has 0 bridgehead atoms. The lowest BCUT2D eigenvalue weighted by Crippen LogP contribution is -2.51. The van der Waals surface area contributed by atoms with Crippen LogP contribution in [0.2, 0.25) is 0 Å². The lowest BCUT2D eigenvalue weighted by atomic mass is 10.1. The Hall–Kier alpha value is -3.23. The Morgan fingerprint density at radius 1 is 1.08 bits per heavy atom. The molecule has 9 heteroatoms. The van der Waals surface area contributed by atoms with Crippen LogP contribution in [0.3, 0.4) is 0 Å². The first kappa shape index (κ1) is 20.8. The van der Waals surface area contributed by atoms with Crippen LogP contribution in [0.15, 0.2) is 30.3 Å². The molecule has 140 valence electrons. The van der Waals surface area contributed by atoms with Crippen LogP contribution in [0, 0.1) is 0 Å². The van der Waals surface area contributed by atoms with Gasteiger partial charge in [-0.15, -0.1) is 0 Å². The third-order valence-electron chi connectivity index (χ3n) is 3.43. The highest BCUT2D eigenvalue weighted by Gasteiger charge is 2.25. The standard InChI is InChI=1S/C17H21N3O6/c18-14(22)9-13(17(26)19-12(10-21)8-16(24)25)20-15(23)7-6-11-4-2-1-3-5-11/h1-5,10,12-13H,6-9H2,(H2,18,22)(H,19,26)(H,20,23)(H,24,25). The van der Waals surface area contributed by atoms with Gasteiger partial charge in [-0.2, -0.15) is 0 Å². The van der Waals surface area contributed by atoms with E-state index in [9.17, 15) is 24.0 Å². The van der Waals surface area contributed by atoms with E-state index < -0.39 is 48.6 Å².